The minimum Gasteiger partial charge on any atom is -0.746 e. The first-order chi connectivity index (χ1) is 8.74. The van der Waals surface area contributed by atoms with Gasteiger partial charge in [0.15, 0.2) is 0 Å². The Balaban J connectivity index is -0.00000133. The fraction of sp³-hybridized carbons (Fsp3) is 0.143. The van der Waals surface area contributed by atoms with Gasteiger partial charge in [0.1, 0.15) is 35.7 Å². The van der Waals surface area contributed by atoms with Crippen molar-refractivity contribution in [3.05, 3.63) is 23.8 Å². The number of hydrogen-bond acceptors (Lipinski definition) is 10. The molecule has 2 N–H and O–H groups in total. The zero-order chi connectivity index (χ0) is 15.9. The third-order valence-corrected chi connectivity index (χ3v) is 4.76. The fourth-order valence-electron chi connectivity index (χ4n) is 1.28. The van der Waals surface area contributed by atoms with E-state index >= 15 is 0 Å². The van der Waals surface area contributed by atoms with E-state index in [9.17, 15) is 38.9 Å². The van der Waals surface area contributed by atoms with E-state index in [1.54, 1.807) is 0 Å². The number of nitrogens with two attached hydrogens (primary N) is 1. The predicted octanol–water partition coefficient (Wildman–Crippen LogP) is -11.0. The second kappa shape index (κ2) is 10.3. The van der Waals surface area contributed by atoms with Gasteiger partial charge in [-0.2, -0.15) is 0 Å². The monoisotopic (exact) mass is 413 g/mol. The Labute approximate surface area is 199 Å². The Kier molecular flexibility index (Phi) is 13.3. The Morgan fingerprint density at radius 1 is 0.826 bits per heavy atom. The van der Waals surface area contributed by atoms with E-state index in [1.807, 2.05) is 0 Å². The van der Waals surface area contributed by atoms with Gasteiger partial charge in [-0.3, -0.25) is 0 Å². The topological polar surface area (TPSA) is 198 Å². The molecular weight excluding hydrogens is 407 g/mol. The average Bonchev–Trinajstić information content (AvgIpc) is 2.23. The van der Waals surface area contributed by atoms with Gasteiger partial charge in [-0.25, -0.2) is 25.3 Å². The van der Waals surface area contributed by atoms with Crippen molar-refractivity contribution in [2.24, 2.45) is 5.73 Å². The standard InChI is InChI=1S/C7H9NO9S3.3Na/c8-7(20(15,16)17)5-2-1-4(18(9,10)11)3-6(5)19(12,13)14;;;/h1-3,7H,8H2,(H,9,10,11)(H,12,13,14)(H,15,16,17);;;/q;3*+1/p-3. The number of benzene rings is 1. The molecule has 114 valence electrons. The van der Waals surface area contributed by atoms with Gasteiger partial charge in [-0.15, -0.1) is 0 Å². The summed E-state index contributed by atoms with van der Waals surface area (Å²) < 4.78 is 97.3. The molecule has 0 aliphatic heterocycles. The number of hydrogen-bond donors (Lipinski definition) is 1. The van der Waals surface area contributed by atoms with Crippen LogP contribution < -0.4 is 94.4 Å². The van der Waals surface area contributed by atoms with Gasteiger partial charge in [-0.1, -0.05) is 6.07 Å². The van der Waals surface area contributed by atoms with Crippen LogP contribution in [-0.2, 0) is 30.4 Å². The third kappa shape index (κ3) is 8.43. The number of rotatable bonds is 4. The fourth-order valence-corrected chi connectivity index (χ4v) is 3.19. The second-order valence-corrected chi connectivity index (χ2v) is 7.74. The maximum absolute atomic E-state index is 11.0. The maximum atomic E-state index is 11.0. The van der Waals surface area contributed by atoms with Gasteiger partial charge < -0.3 is 19.4 Å². The van der Waals surface area contributed by atoms with Crippen LogP contribution >= 0.6 is 0 Å². The van der Waals surface area contributed by atoms with Gasteiger partial charge in [0.2, 0.25) is 0 Å². The summed E-state index contributed by atoms with van der Waals surface area (Å²) in [6, 6.07) is 1.21. The summed E-state index contributed by atoms with van der Waals surface area (Å²) in [5.41, 5.74) is 4.08. The summed E-state index contributed by atoms with van der Waals surface area (Å²) in [5, 5.41) is -2.40. The van der Waals surface area contributed by atoms with Crippen molar-refractivity contribution < 1.29 is 128 Å². The van der Waals surface area contributed by atoms with Crippen LogP contribution in [0.1, 0.15) is 10.9 Å². The van der Waals surface area contributed by atoms with Crippen LogP contribution in [-0.4, -0.2) is 38.9 Å². The molecule has 1 rings (SSSR count). The summed E-state index contributed by atoms with van der Waals surface area (Å²) in [6.07, 6.45) is 0. The molecule has 0 aliphatic carbocycles. The van der Waals surface area contributed by atoms with E-state index in [4.69, 9.17) is 5.73 Å². The maximum Gasteiger partial charge on any atom is 1.00 e. The predicted molar refractivity (Wildman–Crippen MR) is 59.0 cm³/mol. The molecule has 10 nitrogen and oxygen atoms in total. The van der Waals surface area contributed by atoms with E-state index in [1.165, 1.54) is 0 Å². The molecule has 1 unspecified atom stereocenters. The van der Waals surface area contributed by atoms with Crippen LogP contribution in [0.15, 0.2) is 28.0 Å². The summed E-state index contributed by atoms with van der Waals surface area (Å²) >= 11 is 0. The van der Waals surface area contributed by atoms with E-state index < -0.39 is 51.1 Å². The molecule has 0 saturated heterocycles. The summed E-state index contributed by atoms with van der Waals surface area (Å²) in [5.74, 6) is 0. The Morgan fingerprint density at radius 3 is 1.57 bits per heavy atom. The zero-order valence-electron chi connectivity index (χ0n) is 12.3. The molecule has 1 aromatic carbocycles. The molecule has 0 aromatic heterocycles. The zero-order valence-corrected chi connectivity index (χ0v) is 20.7. The Hall–Kier alpha value is 1.91. The summed E-state index contributed by atoms with van der Waals surface area (Å²) in [4.78, 5) is -2.44. The molecule has 0 aliphatic rings. The molecule has 0 fully saturated rings. The van der Waals surface area contributed by atoms with Crippen molar-refractivity contribution in [3.8, 4) is 0 Å². The van der Waals surface area contributed by atoms with Gasteiger partial charge in [0.25, 0.3) is 0 Å². The SMILES string of the molecule is NC(c1ccc(S(=O)(=O)[O-])cc1S(=O)(=O)[O-])S(=O)(=O)[O-].[Na+].[Na+].[Na+]. The van der Waals surface area contributed by atoms with E-state index in [2.05, 4.69) is 0 Å². The molecule has 0 heterocycles. The quantitative estimate of drug-likeness (QED) is 0.365. The van der Waals surface area contributed by atoms with Crippen molar-refractivity contribution in [2.45, 2.75) is 15.2 Å². The Bertz CT molecular complexity index is 850. The molecule has 1 atom stereocenters. The molecule has 0 radical (unpaired) electrons. The summed E-state index contributed by atoms with van der Waals surface area (Å²) in [6.45, 7) is 0. The first-order valence-electron chi connectivity index (χ1n) is 4.50. The van der Waals surface area contributed by atoms with Gasteiger partial charge in [0, 0.05) is 5.56 Å². The third-order valence-electron chi connectivity index (χ3n) is 2.16. The molecule has 16 heteroatoms. The summed E-state index contributed by atoms with van der Waals surface area (Å²) in [7, 11) is -15.6. The smallest absolute Gasteiger partial charge is 0.746 e. The average molecular weight is 413 g/mol. The van der Waals surface area contributed by atoms with Gasteiger partial charge in [0.05, 0.1) is 9.79 Å². The molecule has 23 heavy (non-hydrogen) atoms. The second-order valence-electron chi connectivity index (χ2n) is 3.52. The normalized spacial score (nSPS) is 13.0. The van der Waals surface area contributed by atoms with Crippen LogP contribution in [0.5, 0.6) is 0 Å². The molecule has 1 aromatic rings. The molecule has 0 bridgehead atoms. The van der Waals surface area contributed by atoms with Crippen molar-refractivity contribution in [1.29, 1.82) is 0 Å². The molecule has 0 saturated carbocycles. The van der Waals surface area contributed by atoms with E-state index in [-0.39, 0.29) is 94.7 Å². The molecule has 0 spiro atoms. The molecular formula is C7H6NNa3O9S3. The van der Waals surface area contributed by atoms with Gasteiger partial charge >= 0.3 is 88.7 Å². The first-order valence-corrected chi connectivity index (χ1v) is 8.79. The van der Waals surface area contributed by atoms with Crippen LogP contribution in [0.4, 0.5) is 0 Å². The molecule has 0 amide bonds. The van der Waals surface area contributed by atoms with Gasteiger partial charge in [-0.05, 0) is 12.1 Å². The van der Waals surface area contributed by atoms with Crippen LogP contribution in [0.25, 0.3) is 0 Å². The van der Waals surface area contributed by atoms with Crippen molar-refractivity contribution in [3.63, 3.8) is 0 Å². The van der Waals surface area contributed by atoms with Crippen molar-refractivity contribution in [2.75, 3.05) is 0 Å². The van der Waals surface area contributed by atoms with Crippen LogP contribution in [0.2, 0.25) is 0 Å². The largest absolute Gasteiger partial charge is 1.00 e. The van der Waals surface area contributed by atoms with Crippen LogP contribution in [0.3, 0.4) is 0 Å². The van der Waals surface area contributed by atoms with Crippen molar-refractivity contribution >= 4 is 30.4 Å². The van der Waals surface area contributed by atoms with E-state index in [0.29, 0.717) is 12.1 Å². The van der Waals surface area contributed by atoms with Crippen LogP contribution in [0, 0.1) is 0 Å². The van der Waals surface area contributed by atoms with Crippen molar-refractivity contribution in [1.82, 2.24) is 0 Å². The minimum absolute atomic E-state index is 0. The van der Waals surface area contributed by atoms with E-state index in [0.717, 1.165) is 0 Å². The Morgan fingerprint density at radius 2 is 1.26 bits per heavy atom. The minimum atomic E-state index is -5.36. The first kappa shape index (κ1) is 29.7.